The summed E-state index contributed by atoms with van der Waals surface area (Å²) in [6, 6.07) is 0.454. The van der Waals surface area contributed by atoms with E-state index in [0.717, 1.165) is 44.0 Å². The zero-order valence-corrected chi connectivity index (χ0v) is 11.2. The quantitative estimate of drug-likeness (QED) is 0.832. The molecule has 1 aliphatic rings. The summed E-state index contributed by atoms with van der Waals surface area (Å²) in [6.07, 6.45) is 4.65. The normalized spacial score (nSPS) is 22.3. The molecule has 0 radical (unpaired) electrons. The Kier molecular flexibility index (Phi) is 4.63. The number of nitrogens with zero attached hydrogens (tertiary/aromatic N) is 4. The Hall–Kier alpha value is -1.04. The number of hydrogen-bond acceptors (Lipinski definition) is 5. The zero-order chi connectivity index (χ0) is 13.0. The number of rotatable bonds is 4. The molecule has 1 atom stereocenters. The van der Waals surface area contributed by atoms with Crippen molar-refractivity contribution in [3.63, 3.8) is 0 Å². The number of aromatic nitrogens is 2. The monoisotopic (exact) mass is 250 g/mol. The Bertz CT molecular complexity index is 368. The van der Waals surface area contributed by atoms with E-state index in [1.807, 2.05) is 19.3 Å². The molecule has 18 heavy (non-hydrogen) atoms. The fourth-order valence-corrected chi connectivity index (χ4v) is 2.37. The third kappa shape index (κ3) is 3.48. The van der Waals surface area contributed by atoms with E-state index in [1.54, 1.807) is 0 Å². The molecule has 1 aromatic rings. The van der Waals surface area contributed by atoms with E-state index in [4.69, 9.17) is 5.11 Å². The van der Waals surface area contributed by atoms with E-state index >= 15 is 0 Å². The molecule has 1 fully saturated rings. The minimum absolute atomic E-state index is 0.260. The number of hydrogen-bond donors (Lipinski definition) is 1. The molecular formula is C13H22N4O. The molecule has 0 aliphatic carbocycles. The summed E-state index contributed by atoms with van der Waals surface area (Å²) in [5, 5.41) is 9.08. The van der Waals surface area contributed by atoms with Gasteiger partial charge in [-0.25, -0.2) is 9.97 Å². The van der Waals surface area contributed by atoms with E-state index in [0.29, 0.717) is 6.04 Å². The molecule has 1 saturated heterocycles. The summed E-state index contributed by atoms with van der Waals surface area (Å²) in [6.45, 7) is 6.18. The molecule has 100 valence electrons. The maximum atomic E-state index is 9.08. The average molecular weight is 250 g/mol. The van der Waals surface area contributed by atoms with Gasteiger partial charge in [0.1, 0.15) is 5.82 Å². The first kappa shape index (κ1) is 13.4. The molecule has 0 saturated carbocycles. The SMILES string of the molecule is Cc1ncc(CN2CCN(C)C(CCO)C2)cn1. The molecule has 0 aromatic carbocycles. The third-order valence-electron chi connectivity index (χ3n) is 3.56. The minimum atomic E-state index is 0.260. The first-order valence-electron chi connectivity index (χ1n) is 6.50. The Labute approximate surface area is 108 Å². The molecule has 0 bridgehead atoms. The highest BCUT2D eigenvalue weighted by Crippen LogP contribution is 2.13. The van der Waals surface area contributed by atoms with Crippen LogP contribution in [0.2, 0.25) is 0 Å². The highest BCUT2D eigenvalue weighted by atomic mass is 16.3. The maximum absolute atomic E-state index is 9.08. The number of aliphatic hydroxyl groups excluding tert-OH is 1. The Morgan fingerprint density at radius 3 is 2.72 bits per heavy atom. The van der Waals surface area contributed by atoms with Crippen molar-refractivity contribution in [2.75, 3.05) is 33.3 Å². The summed E-state index contributed by atoms with van der Waals surface area (Å²) in [4.78, 5) is 13.2. The van der Waals surface area contributed by atoms with Gasteiger partial charge in [0.05, 0.1) is 0 Å². The van der Waals surface area contributed by atoms with Crippen molar-refractivity contribution in [3.8, 4) is 0 Å². The highest BCUT2D eigenvalue weighted by Gasteiger charge is 2.23. The Morgan fingerprint density at radius 2 is 2.06 bits per heavy atom. The maximum Gasteiger partial charge on any atom is 0.125 e. The van der Waals surface area contributed by atoms with Crippen molar-refractivity contribution in [2.45, 2.75) is 25.9 Å². The van der Waals surface area contributed by atoms with Crippen LogP contribution in [0.15, 0.2) is 12.4 Å². The Balaban J connectivity index is 1.91. The van der Waals surface area contributed by atoms with Gasteiger partial charge in [0.2, 0.25) is 0 Å². The summed E-state index contributed by atoms with van der Waals surface area (Å²) in [5.74, 6) is 0.815. The Morgan fingerprint density at radius 1 is 1.33 bits per heavy atom. The molecule has 2 rings (SSSR count). The molecule has 1 N–H and O–H groups in total. The van der Waals surface area contributed by atoms with Crippen molar-refractivity contribution >= 4 is 0 Å². The van der Waals surface area contributed by atoms with Crippen LogP contribution in [-0.2, 0) is 6.54 Å². The molecule has 1 aliphatic heterocycles. The van der Waals surface area contributed by atoms with Gasteiger partial charge in [-0.1, -0.05) is 0 Å². The lowest BCUT2D eigenvalue weighted by atomic mass is 10.1. The van der Waals surface area contributed by atoms with Gasteiger partial charge < -0.3 is 10.0 Å². The molecule has 0 amide bonds. The summed E-state index contributed by atoms with van der Waals surface area (Å²) in [5.41, 5.74) is 1.16. The van der Waals surface area contributed by atoms with Gasteiger partial charge in [0.15, 0.2) is 0 Å². The van der Waals surface area contributed by atoms with E-state index in [2.05, 4.69) is 26.8 Å². The van der Waals surface area contributed by atoms with Crippen LogP contribution in [0.5, 0.6) is 0 Å². The lowest BCUT2D eigenvalue weighted by molar-refractivity contribution is 0.0742. The predicted octanol–water partition coefficient (Wildman–Crippen LogP) is 0.283. The van der Waals surface area contributed by atoms with E-state index in [9.17, 15) is 0 Å². The summed E-state index contributed by atoms with van der Waals surface area (Å²) >= 11 is 0. The molecule has 1 unspecified atom stereocenters. The van der Waals surface area contributed by atoms with Gasteiger partial charge in [-0.2, -0.15) is 0 Å². The van der Waals surface area contributed by atoms with Gasteiger partial charge in [-0.3, -0.25) is 4.90 Å². The highest BCUT2D eigenvalue weighted by molar-refractivity contribution is 5.05. The van der Waals surface area contributed by atoms with Gasteiger partial charge in [0.25, 0.3) is 0 Å². The van der Waals surface area contributed by atoms with Crippen molar-refractivity contribution < 1.29 is 5.11 Å². The second kappa shape index (κ2) is 6.22. The predicted molar refractivity (Wildman–Crippen MR) is 70.2 cm³/mol. The largest absolute Gasteiger partial charge is 0.396 e. The van der Waals surface area contributed by atoms with E-state index < -0.39 is 0 Å². The third-order valence-corrected chi connectivity index (χ3v) is 3.56. The smallest absolute Gasteiger partial charge is 0.125 e. The molecule has 5 nitrogen and oxygen atoms in total. The molecule has 0 spiro atoms. The lowest BCUT2D eigenvalue weighted by Crippen LogP contribution is -2.51. The van der Waals surface area contributed by atoms with E-state index in [1.165, 1.54) is 0 Å². The van der Waals surface area contributed by atoms with Crippen molar-refractivity contribution in [1.82, 2.24) is 19.8 Å². The summed E-state index contributed by atoms with van der Waals surface area (Å²) < 4.78 is 0. The van der Waals surface area contributed by atoms with Crippen LogP contribution in [-0.4, -0.2) is 64.2 Å². The van der Waals surface area contributed by atoms with Gasteiger partial charge >= 0.3 is 0 Å². The van der Waals surface area contributed by atoms with Crippen LogP contribution in [0.1, 0.15) is 17.8 Å². The van der Waals surface area contributed by atoms with Crippen molar-refractivity contribution in [3.05, 3.63) is 23.8 Å². The first-order valence-corrected chi connectivity index (χ1v) is 6.50. The second-order valence-corrected chi connectivity index (χ2v) is 5.02. The van der Waals surface area contributed by atoms with Crippen molar-refractivity contribution in [1.29, 1.82) is 0 Å². The average Bonchev–Trinajstić information content (AvgIpc) is 2.37. The van der Waals surface area contributed by atoms with Crippen LogP contribution in [0.4, 0.5) is 0 Å². The number of aryl methyl sites for hydroxylation is 1. The fraction of sp³-hybridized carbons (Fsp3) is 0.692. The number of aliphatic hydroxyl groups is 1. The van der Waals surface area contributed by atoms with Crippen molar-refractivity contribution in [2.24, 2.45) is 0 Å². The van der Waals surface area contributed by atoms with Gasteiger partial charge in [0, 0.05) is 56.8 Å². The molecule has 5 heteroatoms. The van der Waals surface area contributed by atoms with Gasteiger partial charge in [-0.15, -0.1) is 0 Å². The minimum Gasteiger partial charge on any atom is -0.396 e. The van der Waals surface area contributed by atoms with Crippen LogP contribution in [0, 0.1) is 6.92 Å². The second-order valence-electron chi connectivity index (χ2n) is 5.02. The van der Waals surface area contributed by atoms with Gasteiger partial charge in [-0.05, 0) is 20.4 Å². The number of piperazine rings is 1. The molecule has 2 heterocycles. The zero-order valence-electron chi connectivity index (χ0n) is 11.2. The van der Waals surface area contributed by atoms with Crippen LogP contribution >= 0.6 is 0 Å². The lowest BCUT2D eigenvalue weighted by Gasteiger charge is -2.39. The topological polar surface area (TPSA) is 52.5 Å². The van der Waals surface area contributed by atoms with Crippen LogP contribution in [0.3, 0.4) is 0 Å². The molecule has 1 aromatic heterocycles. The molecular weight excluding hydrogens is 228 g/mol. The standard InChI is InChI=1S/C13H22N4O/c1-11-14-7-12(8-15-11)9-17-5-4-16(2)13(10-17)3-6-18/h7-8,13,18H,3-6,9-10H2,1-2H3. The summed E-state index contributed by atoms with van der Waals surface area (Å²) in [7, 11) is 2.13. The first-order chi connectivity index (χ1) is 8.69. The van der Waals surface area contributed by atoms with Crippen LogP contribution < -0.4 is 0 Å². The fourth-order valence-electron chi connectivity index (χ4n) is 2.37. The van der Waals surface area contributed by atoms with Crippen LogP contribution in [0.25, 0.3) is 0 Å². The van der Waals surface area contributed by atoms with E-state index in [-0.39, 0.29) is 6.61 Å². The number of likely N-dealkylation sites (N-methyl/N-ethyl adjacent to an activating group) is 1.